The maximum Gasteiger partial charge on any atom is 0.308 e. The van der Waals surface area contributed by atoms with Crippen LogP contribution in [0.15, 0.2) is 0 Å². The largest absolute Gasteiger partial charge is 0.443 e. The number of carbonyl (C=O) groups is 3. The first-order valence-corrected chi connectivity index (χ1v) is 14.5. The minimum Gasteiger partial charge on any atom is -0.443 e. The topological polar surface area (TPSA) is 72.9 Å². The van der Waals surface area contributed by atoms with E-state index in [1.807, 2.05) is 6.92 Å². The Hall–Kier alpha value is -1.27. The van der Waals surface area contributed by atoms with Crippen molar-refractivity contribution in [3.8, 4) is 0 Å². The summed E-state index contributed by atoms with van der Waals surface area (Å²) < 4.78 is 13.5. The summed E-state index contributed by atoms with van der Waals surface area (Å²) in [5, 5.41) is 0. The molecule has 1 spiro atoms. The minimum absolute atomic E-state index is 0.142. The fourth-order valence-corrected chi connectivity index (χ4v) is 11.7. The molecule has 0 N–H and O–H groups in total. The van der Waals surface area contributed by atoms with Gasteiger partial charge in [-0.3, -0.25) is 14.4 Å². The number of rotatable bonds is 0. The van der Waals surface area contributed by atoms with E-state index in [9.17, 15) is 14.4 Å². The van der Waals surface area contributed by atoms with Gasteiger partial charge in [0.05, 0.1) is 12.5 Å². The monoisotopic (exact) mass is 497 g/mol. The number of fused-ring (bicyclic) bond motifs is 5. The van der Waals surface area contributed by atoms with Gasteiger partial charge < -0.3 is 9.47 Å². The molecule has 4 bridgehead atoms. The van der Waals surface area contributed by atoms with Crippen LogP contribution in [0.5, 0.6) is 0 Å². The lowest BCUT2D eigenvalue weighted by atomic mass is 9.33. The van der Waals surface area contributed by atoms with E-state index in [4.69, 9.17) is 9.47 Å². The van der Waals surface area contributed by atoms with Crippen molar-refractivity contribution in [1.29, 1.82) is 0 Å². The van der Waals surface area contributed by atoms with E-state index in [0.29, 0.717) is 24.7 Å². The molecule has 4 heterocycles. The average Bonchev–Trinajstić information content (AvgIpc) is 3.04. The summed E-state index contributed by atoms with van der Waals surface area (Å²) in [4.78, 5) is 43.8. The number of carbonyl (C=O) groups excluding carboxylic acids is 3. The average molecular weight is 498 g/mol. The third-order valence-electron chi connectivity index (χ3n) is 13.0. The van der Waals surface area contributed by atoms with Crippen LogP contribution >= 0.6 is 0 Å². The van der Waals surface area contributed by atoms with Gasteiger partial charge >= 0.3 is 5.97 Å². The third-order valence-corrected chi connectivity index (χ3v) is 13.0. The zero-order chi connectivity index (χ0) is 25.6. The molecule has 1 unspecified atom stereocenters. The first-order valence-electron chi connectivity index (χ1n) is 14.5. The molecule has 6 nitrogen and oxygen atoms in total. The van der Waals surface area contributed by atoms with Crippen LogP contribution in [-0.4, -0.2) is 46.5 Å². The third kappa shape index (κ3) is 2.46. The quantitative estimate of drug-likeness (QED) is 0.450. The number of hydrogen-bond acceptors (Lipinski definition) is 6. The molecule has 0 radical (unpaired) electrons. The smallest absolute Gasteiger partial charge is 0.308 e. The molecule has 0 aromatic rings. The van der Waals surface area contributed by atoms with Gasteiger partial charge in [0.25, 0.3) is 0 Å². The van der Waals surface area contributed by atoms with Gasteiger partial charge in [0, 0.05) is 42.6 Å². The molecule has 7 fully saturated rings. The van der Waals surface area contributed by atoms with Crippen molar-refractivity contribution in [3.05, 3.63) is 0 Å². The predicted molar refractivity (Wildman–Crippen MR) is 132 cm³/mol. The Balaban J connectivity index is 1.45. The van der Waals surface area contributed by atoms with E-state index in [1.54, 1.807) is 0 Å². The van der Waals surface area contributed by atoms with Crippen LogP contribution in [0.3, 0.4) is 0 Å². The Morgan fingerprint density at radius 2 is 1.72 bits per heavy atom. The maximum atomic E-state index is 14.4. The van der Waals surface area contributed by atoms with E-state index in [1.165, 1.54) is 0 Å². The lowest BCUT2D eigenvalue weighted by molar-refractivity contribution is -0.380. The van der Waals surface area contributed by atoms with Gasteiger partial charge in [0.15, 0.2) is 5.72 Å². The lowest BCUT2D eigenvalue weighted by Crippen LogP contribution is -2.83. The van der Waals surface area contributed by atoms with Crippen molar-refractivity contribution in [3.63, 3.8) is 0 Å². The standard InChI is InChI=1S/C30H43NO5/c1-16-10-20-23(21(32)11-16)18(3)24(34)25-26(20,4)15-30-28(6,27(25,5)13-22(33)36-30)7-8-29-12-17(2)9-19(35-29)14-31(29)30/h16-20,23,25H,7-15H2,1-6H3/t16?,17-,18+,19+,20+,23-,25-,26-,27-,28-,29-,30+/m0/s1. The van der Waals surface area contributed by atoms with Gasteiger partial charge in [-0.15, -0.1) is 0 Å². The van der Waals surface area contributed by atoms with Gasteiger partial charge in [-0.25, -0.2) is 4.90 Å². The van der Waals surface area contributed by atoms with E-state index in [2.05, 4.69) is 39.5 Å². The summed E-state index contributed by atoms with van der Waals surface area (Å²) >= 11 is 0. The van der Waals surface area contributed by atoms with E-state index in [-0.39, 0.29) is 64.9 Å². The second kappa shape index (κ2) is 6.83. The van der Waals surface area contributed by atoms with Crippen molar-refractivity contribution in [1.82, 2.24) is 4.90 Å². The van der Waals surface area contributed by atoms with Crippen LogP contribution in [0.2, 0.25) is 0 Å². The molecule has 3 saturated carbocycles. The maximum absolute atomic E-state index is 14.4. The molecule has 198 valence electrons. The Morgan fingerprint density at radius 3 is 2.47 bits per heavy atom. The summed E-state index contributed by atoms with van der Waals surface area (Å²) in [5.41, 5.74) is -2.44. The zero-order valence-corrected chi connectivity index (χ0v) is 22.9. The summed E-state index contributed by atoms with van der Waals surface area (Å²) in [7, 11) is 0. The number of esters is 1. The van der Waals surface area contributed by atoms with Gasteiger partial charge in [0.1, 0.15) is 17.3 Å². The molecule has 0 amide bonds. The molecule has 7 rings (SSSR count). The number of Topliss-reactive ketones (excluding diaryl/α,β-unsaturated/α-hetero) is 2. The molecular formula is C30H43NO5. The fourth-order valence-electron chi connectivity index (χ4n) is 11.7. The van der Waals surface area contributed by atoms with Gasteiger partial charge in [-0.05, 0) is 60.7 Å². The number of ether oxygens (including phenoxy) is 2. The Labute approximate surface area is 215 Å². The molecule has 7 aliphatic rings. The van der Waals surface area contributed by atoms with Crippen LogP contribution in [0.4, 0.5) is 0 Å². The Bertz CT molecular complexity index is 1070. The first kappa shape index (κ1) is 23.8. The van der Waals surface area contributed by atoms with Gasteiger partial charge in [-0.1, -0.05) is 41.5 Å². The summed E-state index contributed by atoms with van der Waals surface area (Å²) in [5.74, 6) is 0.650. The van der Waals surface area contributed by atoms with E-state index < -0.39 is 16.6 Å². The number of hydrogen-bond donors (Lipinski definition) is 0. The molecule has 3 aliphatic carbocycles. The van der Waals surface area contributed by atoms with Crippen molar-refractivity contribution in [2.45, 2.75) is 110 Å². The Morgan fingerprint density at radius 1 is 0.972 bits per heavy atom. The van der Waals surface area contributed by atoms with E-state index in [0.717, 1.165) is 38.6 Å². The Kier molecular flexibility index (Phi) is 4.52. The summed E-state index contributed by atoms with van der Waals surface area (Å²) in [6, 6.07) is 0. The van der Waals surface area contributed by atoms with E-state index >= 15 is 0 Å². The fraction of sp³-hybridized carbons (Fsp3) is 0.900. The molecule has 6 heteroatoms. The van der Waals surface area contributed by atoms with Gasteiger partial charge in [0.2, 0.25) is 0 Å². The normalized spacial score (nSPS) is 59.9. The lowest BCUT2D eigenvalue weighted by Gasteiger charge is -2.77. The SMILES string of the molecule is CC1CC(=O)[C@@H]2[C@@H](C1)[C@]1(C)C[C@@]34OC(=O)C[C@@](C)([C@H]1C(=O)[C@@H]2C)[C@]3(C)CC[C@]12C[C@@H](C)C[C@H](CN14)O2. The molecule has 4 saturated heterocycles. The van der Waals surface area contributed by atoms with Crippen LogP contribution in [0.25, 0.3) is 0 Å². The molecule has 0 aromatic heterocycles. The second-order valence-corrected chi connectivity index (χ2v) is 15.0. The molecule has 36 heavy (non-hydrogen) atoms. The van der Waals surface area contributed by atoms with Crippen LogP contribution in [0, 0.1) is 51.8 Å². The molecule has 12 atom stereocenters. The number of ketones is 2. The van der Waals surface area contributed by atoms with Crippen LogP contribution < -0.4 is 0 Å². The van der Waals surface area contributed by atoms with Gasteiger partial charge in [-0.2, -0.15) is 0 Å². The van der Waals surface area contributed by atoms with Crippen molar-refractivity contribution in [2.75, 3.05) is 6.54 Å². The second-order valence-electron chi connectivity index (χ2n) is 15.0. The van der Waals surface area contributed by atoms with Crippen molar-refractivity contribution >= 4 is 17.5 Å². The number of nitrogens with zero attached hydrogens (tertiary/aromatic N) is 1. The van der Waals surface area contributed by atoms with Crippen molar-refractivity contribution in [2.24, 2.45) is 51.8 Å². The predicted octanol–water partition coefficient (Wildman–Crippen LogP) is 4.74. The van der Waals surface area contributed by atoms with Crippen LogP contribution in [0.1, 0.15) is 92.9 Å². The molecular weight excluding hydrogens is 454 g/mol. The highest BCUT2D eigenvalue weighted by molar-refractivity contribution is 5.95. The highest BCUT2D eigenvalue weighted by Gasteiger charge is 2.82. The zero-order valence-electron chi connectivity index (χ0n) is 22.9. The summed E-state index contributed by atoms with van der Waals surface area (Å²) in [6.45, 7) is 14.1. The first-order chi connectivity index (χ1) is 16.8. The summed E-state index contributed by atoms with van der Waals surface area (Å²) in [6.07, 6.45) is 6.46. The van der Waals surface area contributed by atoms with Crippen LogP contribution in [-0.2, 0) is 23.9 Å². The molecule has 4 aliphatic heterocycles. The number of piperidine rings is 1. The van der Waals surface area contributed by atoms with Crippen molar-refractivity contribution < 1.29 is 23.9 Å². The molecule has 0 aromatic carbocycles. The highest BCUT2D eigenvalue weighted by Crippen LogP contribution is 2.78. The minimum atomic E-state index is -0.797. The highest BCUT2D eigenvalue weighted by atomic mass is 16.6.